The van der Waals surface area contributed by atoms with Gasteiger partial charge in [-0.3, -0.25) is 9.48 Å². The van der Waals surface area contributed by atoms with E-state index in [0.717, 1.165) is 0 Å². The third-order valence-electron chi connectivity index (χ3n) is 2.11. The number of nitrogens with zero attached hydrogens (tertiary/aromatic N) is 2. The molecule has 7 heteroatoms. The zero-order chi connectivity index (χ0) is 13.1. The lowest BCUT2D eigenvalue weighted by Crippen LogP contribution is -2.19. The molecule has 1 aromatic carbocycles. The number of nitrogens with one attached hydrogen (secondary N) is 1. The van der Waals surface area contributed by atoms with Crippen LogP contribution < -0.4 is 11.1 Å². The van der Waals surface area contributed by atoms with Crippen LogP contribution in [0.5, 0.6) is 0 Å². The number of nitrogen functional groups attached to an aromatic ring is 1. The highest BCUT2D eigenvalue weighted by molar-refractivity contribution is 6.35. The number of carbonyl (C=O) groups is 1. The molecule has 0 aliphatic carbocycles. The second kappa shape index (κ2) is 5.29. The number of amides is 1. The molecular formula is C11H10Cl2N4O. The fraction of sp³-hybridized carbons (Fsp3) is 0.0909. The van der Waals surface area contributed by atoms with Gasteiger partial charge < -0.3 is 11.1 Å². The van der Waals surface area contributed by atoms with Crippen LogP contribution in [0.15, 0.2) is 30.5 Å². The Kier molecular flexibility index (Phi) is 3.74. The lowest BCUT2D eigenvalue weighted by molar-refractivity contribution is -0.116. The molecule has 0 spiro atoms. The molecule has 0 atom stereocenters. The van der Waals surface area contributed by atoms with Crippen LogP contribution >= 0.6 is 23.2 Å². The van der Waals surface area contributed by atoms with E-state index in [-0.39, 0.29) is 12.5 Å². The Hall–Kier alpha value is -1.72. The minimum absolute atomic E-state index is 0.0708. The molecule has 94 valence electrons. The van der Waals surface area contributed by atoms with Crippen molar-refractivity contribution in [2.45, 2.75) is 6.54 Å². The van der Waals surface area contributed by atoms with Gasteiger partial charge in [-0.25, -0.2) is 0 Å². The smallest absolute Gasteiger partial charge is 0.246 e. The van der Waals surface area contributed by atoms with E-state index in [9.17, 15) is 4.79 Å². The predicted molar refractivity (Wildman–Crippen MR) is 71.7 cm³/mol. The Morgan fingerprint density at radius 1 is 1.33 bits per heavy atom. The van der Waals surface area contributed by atoms with Gasteiger partial charge in [0.1, 0.15) is 12.4 Å². The molecule has 0 aliphatic rings. The Morgan fingerprint density at radius 3 is 2.56 bits per heavy atom. The van der Waals surface area contributed by atoms with Crippen LogP contribution in [-0.4, -0.2) is 15.7 Å². The summed E-state index contributed by atoms with van der Waals surface area (Å²) in [6, 6.07) is 6.43. The van der Waals surface area contributed by atoms with Gasteiger partial charge in [0.05, 0.1) is 0 Å². The van der Waals surface area contributed by atoms with E-state index in [0.29, 0.717) is 21.6 Å². The third-order valence-corrected chi connectivity index (χ3v) is 2.55. The predicted octanol–water partition coefficient (Wildman–Crippen LogP) is 2.41. The molecule has 18 heavy (non-hydrogen) atoms. The van der Waals surface area contributed by atoms with Crippen molar-refractivity contribution in [1.82, 2.24) is 9.78 Å². The SMILES string of the molecule is Nc1ccn(CC(=O)Nc2cc(Cl)cc(Cl)c2)n1. The van der Waals surface area contributed by atoms with Crippen molar-refractivity contribution in [3.8, 4) is 0 Å². The fourth-order valence-corrected chi connectivity index (χ4v) is 1.97. The number of nitrogens with two attached hydrogens (primary N) is 1. The lowest BCUT2D eigenvalue weighted by Gasteiger charge is -2.06. The van der Waals surface area contributed by atoms with Crippen molar-refractivity contribution >= 4 is 40.6 Å². The number of halogens is 2. The number of rotatable bonds is 3. The lowest BCUT2D eigenvalue weighted by atomic mass is 10.3. The largest absolute Gasteiger partial charge is 0.382 e. The summed E-state index contributed by atoms with van der Waals surface area (Å²) in [5.41, 5.74) is 5.99. The van der Waals surface area contributed by atoms with E-state index in [4.69, 9.17) is 28.9 Å². The minimum Gasteiger partial charge on any atom is -0.382 e. The molecule has 5 nitrogen and oxygen atoms in total. The second-order valence-corrected chi connectivity index (χ2v) is 4.52. The molecule has 2 aromatic rings. The van der Waals surface area contributed by atoms with Crippen molar-refractivity contribution in [2.75, 3.05) is 11.1 Å². The van der Waals surface area contributed by atoms with E-state index >= 15 is 0 Å². The van der Waals surface area contributed by atoms with Gasteiger partial charge in [-0.2, -0.15) is 5.10 Å². The molecule has 0 fully saturated rings. The molecule has 1 amide bonds. The molecule has 0 unspecified atom stereocenters. The number of hydrogen-bond acceptors (Lipinski definition) is 3. The van der Waals surface area contributed by atoms with Gasteiger partial charge in [0.2, 0.25) is 5.91 Å². The summed E-state index contributed by atoms with van der Waals surface area (Å²) in [6.45, 7) is 0.0708. The summed E-state index contributed by atoms with van der Waals surface area (Å²) >= 11 is 11.7. The highest BCUT2D eigenvalue weighted by atomic mass is 35.5. The first kappa shape index (κ1) is 12.7. The van der Waals surface area contributed by atoms with Crippen LogP contribution in [0, 0.1) is 0 Å². The van der Waals surface area contributed by atoms with Crippen LogP contribution in [0.25, 0.3) is 0 Å². The molecule has 2 rings (SSSR count). The number of anilines is 2. The number of carbonyl (C=O) groups excluding carboxylic acids is 1. The summed E-state index contributed by atoms with van der Waals surface area (Å²) in [5.74, 6) is 0.130. The van der Waals surface area contributed by atoms with E-state index < -0.39 is 0 Å². The Bertz CT molecular complexity index is 562. The Balaban J connectivity index is 2.02. The highest BCUT2D eigenvalue weighted by Crippen LogP contribution is 2.22. The molecule has 1 aromatic heterocycles. The summed E-state index contributed by atoms with van der Waals surface area (Å²) < 4.78 is 1.44. The van der Waals surface area contributed by atoms with Gasteiger partial charge in [0.15, 0.2) is 0 Å². The van der Waals surface area contributed by atoms with Crippen molar-refractivity contribution in [3.63, 3.8) is 0 Å². The quantitative estimate of drug-likeness (QED) is 0.909. The van der Waals surface area contributed by atoms with Crippen molar-refractivity contribution in [2.24, 2.45) is 0 Å². The molecule has 0 saturated carbocycles. The summed E-state index contributed by atoms with van der Waals surface area (Å²) in [4.78, 5) is 11.7. The minimum atomic E-state index is -0.239. The van der Waals surface area contributed by atoms with Gasteiger partial charge in [0.25, 0.3) is 0 Å². The highest BCUT2D eigenvalue weighted by Gasteiger charge is 2.06. The number of aromatic nitrogens is 2. The van der Waals surface area contributed by atoms with Gasteiger partial charge in [0, 0.05) is 21.9 Å². The topological polar surface area (TPSA) is 72.9 Å². The Morgan fingerprint density at radius 2 is 2.00 bits per heavy atom. The normalized spacial score (nSPS) is 10.3. The van der Waals surface area contributed by atoms with Crippen LogP contribution in [0.3, 0.4) is 0 Å². The molecule has 3 N–H and O–H groups in total. The summed E-state index contributed by atoms with van der Waals surface area (Å²) in [6.07, 6.45) is 1.62. The van der Waals surface area contributed by atoms with Gasteiger partial charge >= 0.3 is 0 Å². The van der Waals surface area contributed by atoms with E-state index in [1.807, 2.05) is 0 Å². The van der Waals surface area contributed by atoms with E-state index in [2.05, 4.69) is 10.4 Å². The number of benzene rings is 1. The van der Waals surface area contributed by atoms with Gasteiger partial charge in [-0.05, 0) is 24.3 Å². The van der Waals surface area contributed by atoms with Gasteiger partial charge in [-0.1, -0.05) is 23.2 Å². The van der Waals surface area contributed by atoms with Crippen molar-refractivity contribution in [3.05, 3.63) is 40.5 Å². The molecule has 0 saturated heterocycles. The first-order chi connectivity index (χ1) is 8.52. The molecule has 0 aliphatic heterocycles. The molecule has 0 bridgehead atoms. The van der Waals surface area contributed by atoms with Crippen molar-refractivity contribution < 1.29 is 4.79 Å². The van der Waals surface area contributed by atoms with Crippen molar-refractivity contribution in [1.29, 1.82) is 0 Å². The van der Waals surface area contributed by atoms with Gasteiger partial charge in [-0.15, -0.1) is 0 Å². The summed E-state index contributed by atoms with van der Waals surface area (Å²) in [5, 5.41) is 7.50. The first-order valence-corrected chi connectivity index (χ1v) is 5.83. The first-order valence-electron chi connectivity index (χ1n) is 5.08. The third kappa shape index (κ3) is 3.38. The maximum Gasteiger partial charge on any atom is 0.246 e. The number of hydrogen-bond donors (Lipinski definition) is 2. The van der Waals surface area contributed by atoms with Crippen LogP contribution in [-0.2, 0) is 11.3 Å². The monoisotopic (exact) mass is 284 g/mol. The maximum atomic E-state index is 11.7. The van der Waals surface area contributed by atoms with Crippen LogP contribution in [0.4, 0.5) is 11.5 Å². The van der Waals surface area contributed by atoms with Crippen LogP contribution in [0.2, 0.25) is 10.0 Å². The van der Waals surface area contributed by atoms with E-state index in [1.54, 1.807) is 30.5 Å². The summed E-state index contributed by atoms with van der Waals surface area (Å²) in [7, 11) is 0. The maximum absolute atomic E-state index is 11.7. The zero-order valence-electron chi connectivity index (χ0n) is 9.23. The van der Waals surface area contributed by atoms with E-state index in [1.165, 1.54) is 4.68 Å². The average Bonchev–Trinajstić information content (AvgIpc) is 2.61. The molecule has 0 radical (unpaired) electrons. The zero-order valence-corrected chi connectivity index (χ0v) is 10.7. The molecular weight excluding hydrogens is 275 g/mol. The fourth-order valence-electron chi connectivity index (χ4n) is 1.44. The second-order valence-electron chi connectivity index (χ2n) is 3.64. The molecule has 1 heterocycles. The Labute approximate surface area is 113 Å². The average molecular weight is 285 g/mol. The standard InChI is InChI=1S/C11H10Cl2N4O/c12-7-3-8(13)5-9(4-7)15-11(18)6-17-2-1-10(14)16-17/h1-5H,6H2,(H2,14,16)(H,15,18). The van der Waals surface area contributed by atoms with Crippen LogP contribution in [0.1, 0.15) is 0 Å².